The third-order valence-electron chi connectivity index (χ3n) is 4.85. The molecule has 2 fully saturated rings. The second-order valence-electron chi connectivity index (χ2n) is 6.40. The van der Waals surface area contributed by atoms with Gasteiger partial charge in [-0.05, 0) is 43.2 Å². The number of morpholine rings is 1. The molecule has 0 bridgehead atoms. The van der Waals surface area contributed by atoms with Crippen molar-refractivity contribution in [3.05, 3.63) is 0 Å². The summed E-state index contributed by atoms with van der Waals surface area (Å²) in [7, 11) is 2.20. The van der Waals surface area contributed by atoms with Gasteiger partial charge in [0, 0.05) is 25.7 Å². The highest BCUT2D eigenvalue weighted by atomic mass is 16.6. The van der Waals surface area contributed by atoms with Gasteiger partial charge in [-0.2, -0.15) is 0 Å². The second kappa shape index (κ2) is 6.86. The number of hydrogen-bond acceptors (Lipinski definition) is 9. The fraction of sp³-hybridized carbons (Fsp3) is 0.733. The Labute approximate surface area is 140 Å². The number of anilines is 2. The fourth-order valence-corrected chi connectivity index (χ4v) is 3.44. The molecule has 1 atom stereocenters. The summed E-state index contributed by atoms with van der Waals surface area (Å²) in [5.41, 5.74) is 0.880. The molecule has 2 aromatic heterocycles. The summed E-state index contributed by atoms with van der Waals surface area (Å²) in [6, 6.07) is 0.648. The third-order valence-corrected chi connectivity index (χ3v) is 4.85. The van der Waals surface area contributed by atoms with E-state index in [0.717, 1.165) is 37.7 Å². The van der Waals surface area contributed by atoms with Gasteiger partial charge in [0.1, 0.15) is 0 Å². The minimum Gasteiger partial charge on any atom is -0.378 e. The average molecular weight is 333 g/mol. The van der Waals surface area contributed by atoms with Gasteiger partial charge >= 0.3 is 0 Å². The van der Waals surface area contributed by atoms with Crippen LogP contribution in [0.2, 0.25) is 0 Å². The molecule has 4 rings (SSSR count). The Kier molecular flexibility index (Phi) is 4.44. The Balaban J connectivity index is 1.51. The van der Waals surface area contributed by atoms with Crippen LogP contribution in [-0.2, 0) is 4.74 Å². The Morgan fingerprint density at radius 2 is 1.92 bits per heavy atom. The van der Waals surface area contributed by atoms with Crippen LogP contribution in [0.15, 0.2) is 4.63 Å². The van der Waals surface area contributed by atoms with Crippen LogP contribution in [0.5, 0.6) is 0 Å². The standard InChI is InChI=1S/C15H23N7O2/c1-21-6-2-3-11(21)4-5-16-14-15(22-7-9-23-10-8-22)18-13-12(17-14)19-24-20-13/h11H,2-10H2,1H3,(H,16,17,19). The van der Waals surface area contributed by atoms with E-state index in [0.29, 0.717) is 30.5 Å². The highest BCUT2D eigenvalue weighted by Gasteiger charge is 2.22. The molecule has 0 aromatic carbocycles. The van der Waals surface area contributed by atoms with Gasteiger partial charge < -0.3 is 19.9 Å². The van der Waals surface area contributed by atoms with Crippen molar-refractivity contribution in [1.82, 2.24) is 25.2 Å². The Hall–Kier alpha value is -2.00. The van der Waals surface area contributed by atoms with Crippen molar-refractivity contribution < 1.29 is 9.37 Å². The van der Waals surface area contributed by atoms with E-state index in [1.165, 1.54) is 19.4 Å². The van der Waals surface area contributed by atoms with Crippen molar-refractivity contribution in [2.45, 2.75) is 25.3 Å². The van der Waals surface area contributed by atoms with E-state index in [4.69, 9.17) is 9.37 Å². The Morgan fingerprint density at radius 3 is 2.67 bits per heavy atom. The van der Waals surface area contributed by atoms with E-state index >= 15 is 0 Å². The molecule has 0 aliphatic carbocycles. The number of aromatic nitrogens is 4. The van der Waals surface area contributed by atoms with Gasteiger partial charge in [-0.25, -0.2) is 14.6 Å². The summed E-state index contributed by atoms with van der Waals surface area (Å²) in [6.45, 7) is 5.04. The molecule has 1 unspecified atom stereocenters. The lowest BCUT2D eigenvalue weighted by atomic mass is 10.1. The quantitative estimate of drug-likeness (QED) is 0.850. The first kappa shape index (κ1) is 15.5. The van der Waals surface area contributed by atoms with E-state index in [1.54, 1.807) is 0 Å². The van der Waals surface area contributed by atoms with Crippen LogP contribution < -0.4 is 10.2 Å². The highest BCUT2D eigenvalue weighted by Crippen LogP contribution is 2.25. The molecule has 2 aliphatic heterocycles. The monoisotopic (exact) mass is 333 g/mol. The van der Waals surface area contributed by atoms with E-state index in [1.807, 2.05) is 0 Å². The van der Waals surface area contributed by atoms with E-state index < -0.39 is 0 Å². The first-order valence-electron chi connectivity index (χ1n) is 8.58. The number of rotatable bonds is 5. The molecule has 2 saturated heterocycles. The van der Waals surface area contributed by atoms with Gasteiger partial charge in [0.2, 0.25) is 11.3 Å². The number of likely N-dealkylation sites (tertiary alicyclic amines) is 1. The first-order valence-corrected chi connectivity index (χ1v) is 8.58. The fourth-order valence-electron chi connectivity index (χ4n) is 3.44. The van der Waals surface area contributed by atoms with Crippen molar-refractivity contribution in [3.8, 4) is 0 Å². The molecule has 0 saturated carbocycles. The Morgan fingerprint density at radius 1 is 1.12 bits per heavy atom. The summed E-state index contributed by atoms with van der Waals surface area (Å²) in [6.07, 6.45) is 3.65. The topological polar surface area (TPSA) is 92.4 Å². The van der Waals surface area contributed by atoms with Crippen LogP contribution in [0.25, 0.3) is 11.3 Å². The second-order valence-corrected chi connectivity index (χ2v) is 6.40. The van der Waals surface area contributed by atoms with Crippen LogP contribution >= 0.6 is 0 Å². The summed E-state index contributed by atoms with van der Waals surface area (Å²) in [4.78, 5) is 13.8. The number of nitrogens with one attached hydrogen (secondary N) is 1. The highest BCUT2D eigenvalue weighted by molar-refractivity contribution is 5.74. The summed E-state index contributed by atoms with van der Waals surface area (Å²) in [5, 5.41) is 11.1. The van der Waals surface area contributed by atoms with Crippen LogP contribution in [0.1, 0.15) is 19.3 Å². The number of nitrogens with zero attached hydrogens (tertiary/aromatic N) is 6. The minimum absolute atomic E-state index is 0.437. The zero-order valence-electron chi connectivity index (χ0n) is 13.9. The van der Waals surface area contributed by atoms with E-state index in [9.17, 15) is 0 Å². The average Bonchev–Trinajstić information content (AvgIpc) is 3.23. The molecule has 1 N–H and O–H groups in total. The van der Waals surface area contributed by atoms with E-state index in [-0.39, 0.29) is 0 Å². The minimum atomic E-state index is 0.437. The van der Waals surface area contributed by atoms with Gasteiger partial charge in [-0.1, -0.05) is 0 Å². The lowest BCUT2D eigenvalue weighted by Gasteiger charge is -2.29. The zero-order chi connectivity index (χ0) is 16.4. The predicted octanol–water partition coefficient (Wildman–Crippen LogP) is 0.746. The molecular formula is C15H23N7O2. The third kappa shape index (κ3) is 3.13. The molecule has 4 heterocycles. The van der Waals surface area contributed by atoms with E-state index in [2.05, 4.69) is 42.4 Å². The molecule has 2 aliphatic rings. The number of hydrogen-bond donors (Lipinski definition) is 1. The molecule has 0 spiro atoms. The lowest BCUT2D eigenvalue weighted by molar-refractivity contribution is 0.122. The molecule has 0 amide bonds. The molecule has 24 heavy (non-hydrogen) atoms. The SMILES string of the molecule is CN1CCCC1CCNc1nc2nonc2nc1N1CCOCC1. The summed E-state index contributed by atoms with van der Waals surface area (Å²) >= 11 is 0. The molecule has 2 aromatic rings. The molecule has 130 valence electrons. The van der Waals surface area contributed by atoms with Crippen LogP contribution in [0, 0.1) is 0 Å². The van der Waals surface area contributed by atoms with Crippen molar-refractivity contribution in [3.63, 3.8) is 0 Å². The maximum atomic E-state index is 5.43. The first-order chi connectivity index (χ1) is 11.8. The predicted molar refractivity (Wildman–Crippen MR) is 89.2 cm³/mol. The van der Waals surface area contributed by atoms with Crippen molar-refractivity contribution in [2.75, 3.05) is 56.7 Å². The van der Waals surface area contributed by atoms with Gasteiger partial charge in [-0.15, -0.1) is 0 Å². The van der Waals surface area contributed by atoms with Gasteiger partial charge in [0.05, 0.1) is 13.2 Å². The summed E-state index contributed by atoms with van der Waals surface area (Å²) < 4.78 is 10.2. The van der Waals surface area contributed by atoms with Crippen LogP contribution in [0.3, 0.4) is 0 Å². The number of ether oxygens (including phenoxy) is 1. The lowest BCUT2D eigenvalue weighted by Crippen LogP contribution is -2.37. The smallest absolute Gasteiger partial charge is 0.245 e. The molecule has 9 heteroatoms. The van der Waals surface area contributed by atoms with Gasteiger partial charge in [0.15, 0.2) is 11.6 Å². The molecule has 0 radical (unpaired) electrons. The largest absolute Gasteiger partial charge is 0.378 e. The van der Waals surface area contributed by atoms with Crippen molar-refractivity contribution >= 4 is 22.9 Å². The van der Waals surface area contributed by atoms with Crippen molar-refractivity contribution in [1.29, 1.82) is 0 Å². The van der Waals surface area contributed by atoms with Gasteiger partial charge in [0.25, 0.3) is 0 Å². The Bertz CT molecular complexity index is 686. The van der Waals surface area contributed by atoms with Crippen LogP contribution in [0.4, 0.5) is 11.6 Å². The van der Waals surface area contributed by atoms with Gasteiger partial charge in [-0.3, -0.25) is 0 Å². The molecule has 9 nitrogen and oxygen atoms in total. The number of fused-ring (bicyclic) bond motifs is 1. The van der Waals surface area contributed by atoms with Crippen LogP contribution in [-0.4, -0.2) is 77.7 Å². The summed E-state index contributed by atoms with van der Waals surface area (Å²) in [5.74, 6) is 1.56. The van der Waals surface area contributed by atoms with Crippen molar-refractivity contribution in [2.24, 2.45) is 0 Å². The molecular weight excluding hydrogens is 310 g/mol. The maximum absolute atomic E-state index is 5.43. The zero-order valence-corrected chi connectivity index (χ0v) is 13.9. The normalized spacial score (nSPS) is 22.4. The maximum Gasteiger partial charge on any atom is 0.245 e.